The fourth-order valence-corrected chi connectivity index (χ4v) is 2.57. The monoisotopic (exact) mass is 240 g/mol. The van der Waals surface area contributed by atoms with Crippen LogP contribution in [0.25, 0.3) is 0 Å². The van der Waals surface area contributed by atoms with Crippen LogP contribution in [-0.2, 0) is 4.79 Å². The van der Waals surface area contributed by atoms with Gasteiger partial charge in [0.1, 0.15) is 0 Å². The normalized spacial score (nSPS) is 24.9. The maximum absolute atomic E-state index is 11.6. The summed E-state index contributed by atoms with van der Waals surface area (Å²) in [5.41, 5.74) is 0. The smallest absolute Gasteiger partial charge is 0.221 e. The zero-order valence-electron chi connectivity index (χ0n) is 11.6. The predicted molar refractivity (Wildman–Crippen MR) is 71.9 cm³/mol. The van der Waals surface area contributed by atoms with Crippen LogP contribution in [-0.4, -0.2) is 25.0 Å². The van der Waals surface area contributed by atoms with E-state index in [0.29, 0.717) is 18.4 Å². The zero-order chi connectivity index (χ0) is 12.7. The van der Waals surface area contributed by atoms with E-state index < -0.39 is 0 Å². The van der Waals surface area contributed by atoms with Crippen molar-refractivity contribution < 1.29 is 4.79 Å². The van der Waals surface area contributed by atoms with E-state index in [1.807, 2.05) is 0 Å². The van der Waals surface area contributed by atoms with Gasteiger partial charge in [-0.25, -0.2) is 0 Å². The molecule has 100 valence electrons. The van der Waals surface area contributed by atoms with Crippen molar-refractivity contribution in [1.82, 2.24) is 10.6 Å². The molecule has 0 aromatic rings. The number of carbonyl (C=O) groups is 1. The summed E-state index contributed by atoms with van der Waals surface area (Å²) in [5, 5.41) is 6.33. The highest BCUT2D eigenvalue weighted by molar-refractivity contribution is 5.76. The van der Waals surface area contributed by atoms with Gasteiger partial charge in [-0.05, 0) is 24.7 Å². The lowest BCUT2D eigenvalue weighted by Crippen LogP contribution is -2.34. The average molecular weight is 240 g/mol. The van der Waals surface area contributed by atoms with Gasteiger partial charge in [-0.2, -0.15) is 0 Å². The fourth-order valence-electron chi connectivity index (χ4n) is 2.57. The van der Waals surface area contributed by atoms with E-state index in [-0.39, 0.29) is 5.91 Å². The Morgan fingerprint density at radius 2 is 2.12 bits per heavy atom. The minimum absolute atomic E-state index is 0.191. The summed E-state index contributed by atoms with van der Waals surface area (Å²) >= 11 is 0. The van der Waals surface area contributed by atoms with Gasteiger partial charge < -0.3 is 10.6 Å². The number of hydrogen-bond acceptors (Lipinski definition) is 2. The molecule has 1 aliphatic rings. The van der Waals surface area contributed by atoms with Crippen molar-refractivity contribution in [1.29, 1.82) is 0 Å². The van der Waals surface area contributed by atoms with Gasteiger partial charge in [-0.1, -0.05) is 33.6 Å². The number of rotatable bonds is 6. The zero-order valence-corrected chi connectivity index (χ0v) is 11.6. The molecule has 0 heterocycles. The lowest BCUT2D eigenvalue weighted by Gasteiger charge is -2.26. The quantitative estimate of drug-likeness (QED) is 0.748. The lowest BCUT2D eigenvalue weighted by atomic mass is 9.82. The maximum atomic E-state index is 11.6. The SMILES string of the molecule is CC1CCCC(CNC(=O)CCNC(C)C)C1. The van der Waals surface area contributed by atoms with Crippen molar-refractivity contribution in [2.24, 2.45) is 11.8 Å². The van der Waals surface area contributed by atoms with Gasteiger partial charge in [0.05, 0.1) is 0 Å². The summed E-state index contributed by atoms with van der Waals surface area (Å²) in [6.45, 7) is 8.18. The molecule has 2 unspecified atom stereocenters. The van der Waals surface area contributed by atoms with Crippen molar-refractivity contribution in [2.45, 2.75) is 58.9 Å². The minimum atomic E-state index is 0.191. The Bertz CT molecular complexity index is 228. The fraction of sp³-hybridized carbons (Fsp3) is 0.929. The summed E-state index contributed by atoms with van der Waals surface area (Å²) in [7, 11) is 0. The summed E-state index contributed by atoms with van der Waals surface area (Å²) in [6.07, 6.45) is 5.86. The summed E-state index contributed by atoms with van der Waals surface area (Å²) in [5.74, 6) is 1.74. The Morgan fingerprint density at radius 3 is 2.76 bits per heavy atom. The third-order valence-corrected chi connectivity index (χ3v) is 3.54. The third kappa shape index (κ3) is 6.67. The number of carbonyl (C=O) groups excluding carboxylic acids is 1. The van der Waals surface area contributed by atoms with E-state index in [4.69, 9.17) is 0 Å². The Labute approximate surface area is 106 Å². The van der Waals surface area contributed by atoms with Crippen LogP contribution in [0.5, 0.6) is 0 Å². The first-order chi connectivity index (χ1) is 8.08. The Morgan fingerprint density at radius 1 is 1.35 bits per heavy atom. The van der Waals surface area contributed by atoms with Gasteiger partial charge in [0.15, 0.2) is 0 Å². The van der Waals surface area contributed by atoms with E-state index in [2.05, 4.69) is 31.4 Å². The highest BCUT2D eigenvalue weighted by Crippen LogP contribution is 2.27. The molecule has 3 nitrogen and oxygen atoms in total. The van der Waals surface area contributed by atoms with Crippen molar-refractivity contribution >= 4 is 5.91 Å². The molecule has 0 aromatic carbocycles. The lowest BCUT2D eigenvalue weighted by molar-refractivity contribution is -0.121. The van der Waals surface area contributed by atoms with Crippen molar-refractivity contribution in [3.63, 3.8) is 0 Å². The Kier molecular flexibility index (Phi) is 6.56. The Balaban J connectivity index is 2.06. The largest absolute Gasteiger partial charge is 0.356 e. The van der Waals surface area contributed by atoms with Crippen LogP contribution in [0, 0.1) is 11.8 Å². The van der Waals surface area contributed by atoms with Crippen molar-refractivity contribution in [2.75, 3.05) is 13.1 Å². The van der Waals surface area contributed by atoms with Crippen molar-refractivity contribution in [3.8, 4) is 0 Å². The standard InChI is InChI=1S/C14H28N2O/c1-11(2)15-8-7-14(17)16-10-13-6-4-5-12(3)9-13/h11-13,15H,4-10H2,1-3H3,(H,16,17). The molecule has 1 saturated carbocycles. The van der Waals surface area contributed by atoms with E-state index in [1.165, 1.54) is 25.7 Å². The van der Waals surface area contributed by atoms with Crippen LogP contribution in [0.2, 0.25) is 0 Å². The molecule has 1 aliphatic carbocycles. The first-order valence-electron chi connectivity index (χ1n) is 7.08. The molecule has 1 fully saturated rings. The van der Waals surface area contributed by atoms with E-state index >= 15 is 0 Å². The number of nitrogens with one attached hydrogen (secondary N) is 2. The predicted octanol–water partition coefficient (Wildman–Crippen LogP) is 2.32. The van der Waals surface area contributed by atoms with Crippen LogP contribution in [0.3, 0.4) is 0 Å². The first kappa shape index (κ1) is 14.5. The molecule has 0 aromatic heterocycles. The highest BCUT2D eigenvalue weighted by Gasteiger charge is 2.18. The molecule has 0 radical (unpaired) electrons. The van der Waals surface area contributed by atoms with E-state index in [1.54, 1.807) is 0 Å². The van der Waals surface area contributed by atoms with Gasteiger partial charge in [0.2, 0.25) is 5.91 Å². The van der Waals surface area contributed by atoms with Crippen LogP contribution in [0.1, 0.15) is 52.9 Å². The van der Waals surface area contributed by atoms with E-state index in [0.717, 1.165) is 19.0 Å². The van der Waals surface area contributed by atoms with Gasteiger partial charge in [-0.3, -0.25) is 4.79 Å². The third-order valence-electron chi connectivity index (χ3n) is 3.54. The van der Waals surface area contributed by atoms with Crippen LogP contribution < -0.4 is 10.6 Å². The summed E-state index contributed by atoms with van der Waals surface area (Å²) < 4.78 is 0. The van der Waals surface area contributed by atoms with Gasteiger partial charge >= 0.3 is 0 Å². The molecule has 3 heteroatoms. The highest BCUT2D eigenvalue weighted by atomic mass is 16.1. The minimum Gasteiger partial charge on any atom is -0.356 e. The molecular formula is C14H28N2O. The molecule has 1 rings (SSSR count). The molecular weight excluding hydrogens is 212 g/mol. The second-order valence-corrected chi connectivity index (χ2v) is 5.80. The van der Waals surface area contributed by atoms with Crippen LogP contribution >= 0.6 is 0 Å². The second kappa shape index (κ2) is 7.70. The molecule has 0 bridgehead atoms. The second-order valence-electron chi connectivity index (χ2n) is 5.80. The molecule has 0 aliphatic heterocycles. The first-order valence-corrected chi connectivity index (χ1v) is 7.08. The molecule has 0 saturated heterocycles. The van der Waals surface area contributed by atoms with Gasteiger partial charge in [-0.15, -0.1) is 0 Å². The number of amides is 1. The summed E-state index contributed by atoms with van der Waals surface area (Å²) in [6, 6.07) is 0.460. The van der Waals surface area contributed by atoms with Gasteiger partial charge in [0.25, 0.3) is 0 Å². The Hall–Kier alpha value is -0.570. The topological polar surface area (TPSA) is 41.1 Å². The molecule has 0 spiro atoms. The molecule has 17 heavy (non-hydrogen) atoms. The maximum Gasteiger partial charge on any atom is 0.221 e. The average Bonchev–Trinajstić information content (AvgIpc) is 2.26. The number of hydrogen-bond donors (Lipinski definition) is 2. The van der Waals surface area contributed by atoms with E-state index in [9.17, 15) is 4.79 Å². The van der Waals surface area contributed by atoms with Crippen molar-refractivity contribution in [3.05, 3.63) is 0 Å². The molecule has 1 amide bonds. The van der Waals surface area contributed by atoms with Crippen LogP contribution in [0.15, 0.2) is 0 Å². The molecule has 2 N–H and O–H groups in total. The molecule has 2 atom stereocenters. The van der Waals surface area contributed by atoms with Crippen LogP contribution in [0.4, 0.5) is 0 Å². The van der Waals surface area contributed by atoms with Gasteiger partial charge in [0, 0.05) is 25.6 Å². The summed E-state index contributed by atoms with van der Waals surface area (Å²) in [4.78, 5) is 11.6.